The fraction of sp³-hybridized carbons (Fsp3) is 0.100. The van der Waals surface area contributed by atoms with Gasteiger partial charge in [-0.25, -0.2) is 4.79 Å². The largest absolute Gasteiger partial charge is 0.507 e. The van der Waals surface area contributed by atoms with E-state index in [1.807, 2.05) is 24.3 Å². The minimum atomic E-state index is -0.739. The van der Waals surface area contributed by atoms with Gasteiger partial charge in [0.2, 0.25) is 0 Å². The summed E-state index contributed by atoms with van der Waals surface area (Å²) in [6, 6.07) is 16.8. The second-order valence-electron chi connectivity index (χ2n) is 5.44. The van der Waals surface area contributed by atoms with Gasteiger partial charge in [0.1, 0.15) is 17.1 Å². The minimum absolute atomic E-state index is 0.0286. The van der Waals surface area contributed by atoms with E-state index in [1.54, 1.807) is 31.4 Å². The zero-order valence-corrected chi connectivity index (χ0v) is 13.6. The second kappa shape index (κ2) is 7.05. The number of aromatic hydroxyl groups is 1. The first kappa shape index (κ1) is 16.5. The quantitative estimate of drug-likeness (QED) is 0.569. The van der Waals surface area contributed by atoms with Crippen LogP contribution in [0.4, 0.5) is 0 Å². The normalized spacial score (nSPS) is 10.4. The molecule has 0 saturated carbocycles. The van der Waals surface area contributed by atoms with Crippen molar-refractivity contribution in [3.63, 3.8) is 0 Å². The van der Waals surface area contributed by atoms with E-state index in [-0.39, 0.29) is 17.1 Å². The van der Waals surface area contributed by atoms with E-state index in [9.17, 15) is 14.7 Å². The van der Waals surface area contributed by atoms with E-state index in [0.717, 1.165) is 16.5 Å². The van der Waals surface area contributed by atoms with Crippen molar-refractivity contribution in [2.24, 2.45) is 0 Å². The minimum Gasteiger partial charge on any atom is -0.507 e. The highest BCUT2D eigenvalue weighted by Gasteiger charge is 2.15. The van der Waals surface area contributed by atoms with Crippen molar-refractivity contribution in [3.8, 4) is 11.5 Å². The van der Waals surface area contributed by atoms with Gasteiger partial charge in [0.05, 0.1) is 7.11 Å². The van der Waals surface area contributed by atoms with Crippen molar-refractivity contribution in [2.75, 3.05) is 13.7 Å². The lowest BCUT2D eigenvalue weighted by atomic mass is 10.0. The lowest BCUT2D eigenvalue weighted by molar-refractivity contribution is 0.0472. The monoisotopic (exact) mass is 336 g/mol. The number of esters is 1. The van der Waals surface area contributed by atoms with Gasteiger partial charge in [-0.2, -0.15) is 0 Å². The molecule has 0 unspecified atom stereocenters. The average Bonchev–Trinajstić information content (AvgIpc) is 2.65. The molecule has 3 aromatic rings. The van der Waals surface area contributed by atoms with Gasteiger partial charge in [-0.1, -0.05) is 30.3 Å². The van der Waals surface area contributed by atoms with E-state index in [1.165, 1.54) is 12.1 Å². The summed E-state index contributed by atoms with van der Waals surface area (Å²) in [6.07, 6.45) is 0. The molecule has 0 bridgehead atoms. The fourth-order valence-corrected chi connectivity index (χ4v) is 2.46. The van der Waals surface area contributed by atoms with Crippen molar-refractivity contribution in [3.05, 3.63) is 71.8 Å². The van der Waals surface area contributed by atoms with Crippen LogP contribution >= 0.6 is 0 Å². The van der Waals surface area contributed by atoms with Gasteiger partial charge in [0, 0.05) is 5.56 Å². The number of para-hydroxylation sites is 1. The lowest BCUT2D eigenvalue weighted by Crippen LogP contribution is -2.14. The molecule has 0 aliphatic heterocycles. The summed E-state index contributed by atoms with van der Waals surface area (Å²) < 4.78 is 10.2. The Kier molecular flexibility index (Phi) is 4.66. The smallest absolute Gasteiger partial charge is 0.342 e. The zero-order chi connectivity index (χ0) is 17.8. The van der Waals surface area contributed by atoms with Crippen LogP contribution in [0.5, 0.6) is 11.5 Å². The Bertz CT molecular complexity index is 946. The fourth-order valence-electron chi connectivity index (χ4n) is 2.46. The van der Waals surface area contributed by atoms with Crippen LogP contribution in [0.2, 0.25) is 0 Å². The molecule has 0 aromatic heterocycles. The molecule has 1 N–H and O–H groups in total. The van der Waals surface area contributed by atoms with Crippen molar-refractivity contribution in [2.45, 2.75) is 0 Å². The highest BCUT2D eigenvalue weighted by Crippen LogP contribution is 2.22. The summed E-state index contributed by atoms with van der Waals surface area (Å²) in [6.45, 7) is -0.394. The first-order valence-corrected chi connectivity index (χ1v) is 7.64. The third-order valence-corrected chi connectivity index (χ3v) is 3.83. The molecule has 3 aromatic carbocycles. The molecule has 5 nitrogen and oxygen atoms in total. The molecule has 0 saturated heterocycles. The Morgan fingerprint density at radius 2 is 1.68 bits per heavy atom. The van der Waals surface area contributed by atoms with Crippen molar-refractivity contribution in [1.29, 1.82) is 0 Å². The van der Waals surface area contributed by atoms with Crippen LogP contribution in [0, 0.1) is 0 Å². The number of phenols is 1. The number of methoxy groups -OCH3 is 1. The van der Waals surface area contributed by atoms with Crippen molar-refractivity contribution >= 4 is 22.5 Å². The van der Waals surface area contributed by atoms with E-state index < -0.39 is 12.6 Å². The number of hydrogen-bond acceptors (Lipinski definition) is 5. The van der Waals surface area contributed by atoms with E-state index in [2.05, 4.69) is 0 Å². The molecule has 0 aliphatic rings. The third-order valence-electron chi connectivity index (χ3n) is 3.83. The van der Waals surface area contributed by atoms with Crippen LogP contribution in [0.3, 0.4) is 0 Å². The third kappa shape index (κ3) is 3.61. The second-order valence-corrected chi connectivity index (χ2v) is 5.44. The molecule has 5 heteroatoms. The van der Waals surface area contributed by atoms with Crippen LogP contribution in [0.15, 0.2) is 60.7 Å². The number of rotatable bonds is 5. The number of fused-ring (bicyclic) bond motifs is 1. The molecule has 0 amide bonds. The molecular weight excluding hydrogens is 320 g/mol. The topological polar surface area (TPSA) is 72.8 Å². The Morgan fingerprint density at radius 3 is 2.44 bits per heavy atom. The number of carbonyl (C=O) groups excluding carboxylic acids is 2. The molecule has 0 atom stereocenters. The van der Waals surface area contributed by atoms with Gasteiger partial charge in [0.25, 0.3) is 0 Å². The standard InChI is InChI=1S/C20H16O5/c1-24-16-9-8-13-10-15(7-6-14(13)11-16)19(22)12-25-20(23)17-4-2-3-5-18(17)21/h2-11,21H,12H2,1H3. The Hall–Kier alpha value is -3.34. The number of hydrogen-bond donors (Lipinski definition) is 1. The summed E-state index contributed by atoms with van der Waals surface area (Å²) in [5.41, 5.74) is 0.476. The summed E-state index contributed by atoms with van der Waals surface area (Å²) in [5, 5.41) is 11.5. The van der Waals surface area contributed by atoms with E-state index >= 15 is 0 Å². The number of ether oxygens (including phenoxy) is 2. The summed E-state index contributed by atoms with van der Waals surface area (Å²) in [7, 11) is 1.60. The number of carbonyl (C=O) groups is 2. The van der Waals surface area contributed by atoms with E-state index in [4.69, 9.17) is 9.47 Å². The molecule has 0 aliphatic carbocycles. The van der Waals surface area contributed by atoms with Gasteiger partial charge in [0.15, 0.2) is 12.4 Å². The molecule has 25 heavy (non-hydrogen) atoms. The molecular formula is C20H16O5. The van der Waals surface area contributed by atoms with Crippen LogP contribution in [0.1, 0.15) is 20.7 Å². The predicted molar refractivity (Wildman–Crippen MR) is 93.2 cm³/mol. The Labute approximate surface area is 144 Å². The molecule has 0 heterocycles. The highest BCUT2D eigenvalue weighted by atomic mass is 16.5. The maximum absolute atomic E-state index is 12.3. The average molecular weight is 336 g/mol. The van der Waals surface area contributed by atoms with Gasteiger partial charge < -0.3 is 14.6 Å². The number of benzene rings is 3. The first-order valence-electron chi connectivity index (χ1n) is 7.64. The van der Waals surface area contributed by atoms with Crippen molar-refractivity contribution < 1.29 is 24.2 Å². The first-order chi connectivity index (χ1) is 12.1. The number of ketones is 1. The molecule has 3 rings (SSSR count). The molecule has 0 fully saturated rings. The van der Waals surface area contributed by atoms with Crippen LogP contribution in [-0.2, 0) is 4.74 Å². The SMILES string of the molecule is COc1ccc2cc(C(=O)COC(=O)c3ccccc3O)ccc2c1. The van der Waals surface area contributed by atoms with Gasteiger partial charge in [-0.05, 0) is 41.1 Å². The van der Waals surface area contributed by atoms with Crippen molar-refractivity contribution in [1.82, 2.24) is 0 Å². The van der Waals surface area contributed by atoms with Gasteiger partial charge in [-0.15, -0.1) is 0 Å². The summed E-state index contributed by atoms with van der Waals surface area (Å²) in [4.78, 5) is 24.2. The maximum atomic E-state index is 12.3. The predicted octanol–water partition coefficient (Wildman–Crippen LogP) is 3.59. The Morgan fingerprint density at radius 1 is 0.960 bits per heavy atom. The molecule has 0 radical (unpaired) electrons. The summed E-state index contributed by atoms with van der Waals surface area (Å²) in [5.74, 6) is -0.499. The van der Waals surface area contributed by atoms with Gasteiger partial charge >= 0.3 is 5.97 Å². The van der Waals surface area contributed by atoms with Gasteiger partial charge in [-0.3, -0.25) is 4.79 Å². The van der Waals surface area contributed by atoms with Crippen LogP contribution < -0.4 is 4.74 Å². The molecule has 0 spiro atoms. The van der Waals surface area contributed by atoms with Crippen LogP contribution in [-0.4, -0.2) is 30.6 Å². The van der Waals surface area contributed by atoms with Crippen LogP contribution in [0.25, 0.3) is 10.8 Å². The number of Topliss-reactive ketones (excluding diaryl/α,β-unsaturated/α-hetero) is 1. The Balaban J connectivity index is 1.72. The maximum Gasteiger partial charge on any atom is 0.342 e. The zero-order valence-electron chi connectivity index (χ0n) is 13.6. The number of phenolic OH excluding ortho intramolecular Hbond substituents is 1. The van der Waals surface area contributed by atoms with E-state index in [0.29, 0.717) is 5.56 Å². The summed E-state index contributed by atoms with van der Waals surface area (Å²) >= 11 is 0. The highest BCUT2D eigenvalue weighted by molar-refractivity contribution is 6.02. The lowest BCUT2D eigenvalue weighted by Gasteiger charge is -2.07. The molecule has 126 valence electrons.